The van der Waals surface area contributed by atoms with E-state index < -0.39 is 8.32 Å². The Hall–Kier alpha value is -0.353. The molecule has 0 N–H and O–H groups in total. The Bertz CT molecular complexity index is 345. The molecule has 104 valence electrons. The van der Waals surface area contributed by atoms with Crippen molar-refractivity contribution in [3.05, 3.63) is 0 Å². The largest absolute Gasteiger partial charge is 0.469 e. The summed E-state index contributed by atoms with van der Waals surface area (Å²) >= 11 is 0. The second-order valence-electron chi connectivity index (χ2n) is 7.37. The molecule has 0 aromatic heterocycles. The first-order valence-corrected chi connectivity index (χ1v) is 9.84. The summed E-state index contributed by atoms with van der Waals surface area (Å²) in [6.45, 7) is 11.2. The number of carbonyl (C=O) groups is 1. The van der Waals surface area contributed by atoms with Gasteiger partial charge in [-0.05, 0) is 42.8 Å². The maximum atomic E-state index is 11.8. The summed E-state index contributed by atoms with van der Waals surface area (Å²) in [6, 6.07) is 0. The molecule has 2 aliphatic carbocycles. The maximum Gasteiger partial charge on any atom is 0.311 e. The predicted octanol–water partition coefficient (Wildman–Crippen LogP) is 3.21. The molecular weight excluding hydrogens is 244 g/mol. The van der Waals surface area contributed by atoms with Crippen molar-refractivity contribution in [3.63, 3.8) is 0 Å². The van der Waals surface area contributed by atoms with Crippen LogP contribution in [0.4, 0.5) is 0 Å². The zero-order chi connectivity index (χ0) is 13.7. The van der Waals surface area contributed by atoms with Gasteiger partial charge in [-0.2, -0.15) is 0 Å². The van der Waals surface area contributed by atoms with Gasteiger partial charge in [0.15, 0.2) is 8.32 Å². The van der Waals surface area contributed by atoms with Crippen LogP contribution in [0.15, 0.2) is 0 Å². The number of carbonyl (C=O) groups excluding carboxylic acids is 1. The number of rotatable bonds is 3. The van der Waals surface area contributed by atoms with Crippen LogP contribution in [-0.2, 0) is 14.0 Å². The topological polar surface area (TPSA) is 35.5 Å². The first kappa shape index (κ1) is 14.1. The van der Waals surface area contributed by atoms with Gasteiger partial charge in [0.2, 0.25) is 0 Å². The van der Waals surface area contributed by atoms with E-state index in [1.807, 2.05) is 0 Å². The normalized spacial score (nSPS) is 35.2. The first-order chi connectivity index (χ1) is 8.17. The van der Waals surface area contributed by atoms with Crippen LogP contribution in [0.25, 0.3) is 0 Å². The number of hydrogen-bond acceptors (Lipinski definition) is 3. The molecule has 3 nitrogen and oxygen atoms in total. The molecule has 0 aliphatic heterocycles. The van der Waals surface area contributed by atoms with E-state index in [0.29, 0.717) is 11.8 Å². The lowest BCUT2D eigenvalue weighted by Crippen LogP contribution is -2.46. The zero-order valence-electron chi connectivity index (χ0n) is 12.4. The molecule has 4 heteroatoms. The van der Waals surface area contributed by atoms with Crippen LogP contribution >= 0.6 is 0 Å². The van der Waals surface area contributed by atoms with Gasteiger partial charge < -0.3 is 9.16 Å². The van der Waals surface area contributed by atoms with Crippen molar-refractivity contribution in [2.45, 2.75) is 57.8 Å². The van der Waals surface area contributed by atoms with Crippen molar-refractivity contribution >= 4 is 14.3 Å². The van der Waals surface area contributed by atoms with Crippen molar-refractivity contribution in [2.24, 2.45) is 17.8 Å². The molecule has 2 rings (SSSR count). The first-order valence-electron chi connectivity index (χ1n) is 6.93. The number of esters is 1. The SMILES string of the molecule is COC(=O)[C@@H]1CC2CC2C1O[Si](C)(C)C(C)(C)C. The van der Waals surface area contributed by atoms with Crippen molar-refractivity contribution in [1.82, 2.24) is 0 Å². The Morgan fingerprint density at radius 3 is 2.33 bits per heavy atom. The molecule has 0 amide bonds. The third kappa shape index (κ3) is 2.37. The fourth-order valence-corrected chi connectivity index (χ4v) is 4.14. The standard InChI is InChI=1S/C14H26O3Si/c1-14(2,3)18(5,6)17-12-10-7-9(10)8-11(12)13(15)16-4/h9-12H,7-8H2,1-6H3/t9?,10?,11-,12?/m1/s1. The molecule has 2 fully saturated rings. The van der Waals surface area contributed by atoms with Crippen LogP contribution in [0.1, 0.15) is 33.6 Å². The van der Waals surface area contributed by atoms with Crippen LogP contribution in [0.5, 0.6) is 0 Å². The second kappa shape index (κ2) is 4.34. The highest BCUT2D eigenvalue weighted by Crippen LogP contribution is 2.57. The molecular formula is C14H26O3Si. The highest BCUT2D eigenvalue weighted by molar-refractivity contribution is 6.74. The maximum absolute atomic E-state index is 11.8. The van der Waals surface area contributed by atoms with Gasteiger partial charge in [-0.1, -0.05) is 20.8 Å². The van der Waals surface area contributed by atoms with Gasteiger partial charge in [0.1, 0.15) is 0 Å². The van der Waals surface area contributed by atoms with Gasteiger partial charge in [-0.3, -0.25) is 4.79 Å². The quantitative estimate of drug-likeness (QED) is 0.583. The third-order valence-corrected chi connectivity index (χ3v) is 9.57. The molecule has 0 aromatic rings. The lowest BCUT2D eigenvalue weighted by atomic mass is 10.0. The summed E-state index contributed by atoms with van der Waals surface area (Å²) in [5, 5.41) is 0.195. The van der Waals surface area contributed by atoms with Gasteiger partial charge in [-0.25, -0.2) is 0 Å². The summed E-state index contributed by atoms with van der Waals surface area (Å²) in [7, 11) is -0.311. The summed E-state index contributed by atoms with van der Waals surface area (Å²) in [5.74, 6) is 1.23. The summed E-state index contributed by atoms with van der Waals surface area (Å²) < 4.78 is 11.4. The molecule has 0 spiro atoms. The summed E-state index contributed by atoms with van der Waals surface area (Å²) in [6.07, 6.45) is 2.33. The van der Waals surface area contributed by atoms with E-state index in [9.17, 15) is 4.79 Å². The van der Waals surface area contributed by atoms with E-state index in [1.165, 1.54) is 13.5 Å². The zero-order valence-corrected chi connectivity index (χ0v) is 13.4. The number of fused-ring (bicyclic) bond motifs is 1. The monoisotopic (exact) mass is 270 g/mol. The van der Waals surface area contributed by atoms with Crippen LogP contribution in [0.2, 0.25) is 18.1 Å². The Kier molecular flexibility index (Phi) is 3.39. The minimum Gasteiger partial charge on any atom is -0.469 e. The minimum absolute atomic E-state index is 0.0205. The fourth-order valence-electron chi connectivity index (χ4n) is 2.77. The Balaban J connectivity index is 2.09. The van der Waals surface area contributed by atoms with Gasteiger partial charge >= 0.3 is 5.97 Å². The van der Waals surface area contributed by atoms with Gasteiger partial charge in [0.05, 0.1) is 19.1 Å². The average molecular weight is 270 g/mol. The molecule has 2 saturated carbocycles. The van der Waals surface area contributed by atoms with Crippen molar-refractivity contribution in [1.29, 1.82) is 0 Å². The highest BCUT2D eigenvalue weighted by Gasteiger charge is 2.58. The predicted molar refractivity (Wildman–Crippen MR) is 73.8 cm³/mol. The molecule has 3 unspecified atom stereocenters. The van der Waals surface area contributed by atoms with Gasteiger partial charge in [0.25, 0.3) is 0 Å². The Morgan fingerprint density at radius 2 is 1.83 bits per heavy atom. The van der Waals surface area contributed by atoms with Crippen LogP contribution in [0, 0.1) is 17.8 Å². The van der Waals surface area contributed by atoms with E-state index in [0.717, 1.165) is 6.42 Å². The van der Waals surface area contributed by atoms with E-state index in [1.54, 1.807) is 0 Å². The van der Waals surface area contributed by atoms with E-state index in [2.05, 4.69) is 33.9 Å². The van der Waals surface area contributed by atoms with Gasteiger partial charge in [-0.15, -0.1) is 0 Å². The fraction of sp³-hybridized carbons (Fsp3) is 0.929. The Labute approximate surface area is 111 Å². The smallest absolute Gasteiger partial charge is 0.311 e. The molecule has 0 bridgehead atoms. The molecule has 0 aromatic carbocycles. The summed E-state index contributed by atoms with van der Waals surface area (Å²) in [4.78, 5) is 11.8. The molecule has 0 saturated heterocycles. The number of hydrogen-bond donors (Lipinski definition) is 0. The van der Waals surface area contributed by atoms with E-state index >= 15 is 0 Å². The lowest BCUT2D eigenvalue weighted by molar-refractivity contribution is -0.148. The summed E-state index contributed by atoms with van der Waals surface area (Å²) in [5.41, 5.74) is 0. The average Bonchev–Trinajstić information content (AvgIpc) is 2.93. The van der Waals surface area contributed by atoms with Crippen molar-refractivity contribution < 1.29 is 14.0 Å². The van der Waals surface area contributed by atoms with E-state index in [-0.39, 0.29) is 23.0 Å². The number of methoxy groups -OCH3 is 1. The Morgan fingerprint density at radius 1 is 1.22 bits per heavy atom. The molecule has 0 heterocycles. The van der Waals surface area contributed by atoms with Crippen molar-refractivity contribution in [2.75, 3.05) is 7.11 Å². The van der Waals surface area contributed by atoms with Crippen LogP contribution in [-0.4, -0.2) is 27.5 Å². The van der Waals surface area contributed by atoms with E-state index in [4.69, 9.17) is 9.16 Å². The molecule has 18 heavy (non-hydrogen) atoms. The molecule has 2 aliphatic rings. The highest BCUT2D eigenvalue weighted by atomic mass is 28.4. The molecule has 4 atom stereocenters. The minimum atomic E-state index is -1.79. The van der Waals surface area contributed by atoms with Crippen LogP contribution < -0.4 is 0 Å². The van der Waals surface area contributed by atoms with Crippen molar-refractivity contribution in [3.8, 4) is 0 Å². The second-order valence-corrected chi connectivity index (χ2v) is 12.1. The molecule has 0 radical (unpaired) electrons. The van der Waals surface area contributed by atoms with Crippen LogP contribution in [0.3, 0.4) is 0 Å². The number of ether oxygens (including phenoxy) is 1. The third-order valence-electron chi connectivity index (χ3n) is 5.09. The van der Waals surface area contributed by atoms with Gasteiger partial charge in [0, 0.05) is 0 Å². The lowest BCUT2D eigenvalue weighted by Gasteiger charge is -2.40.